The lowest BCUT2D eigenvalue weighted by Crippen LogP contribution is -2.25. The monoisotopic (exact) mass is 180 g/mol. The number of carbonyl (C=O) groups is 1. The Morgan fingerprint density at radius 3 is 2.27 bits per heavy atom. The molecule has 66 valence electrons. The van der Waals surface area contributed by atoms with E-state index in [0.717, 1.165) is 0 Å². The van der Waals surface area contributed by atoms with Crippen LogP contribution in [0.3, 0.4) is 0 Å². The van der Waals surface area contributed by atoms with Gasteiger partial charge in [-0.3, -0.25) is 4.79 Å². The first kappa shape index (κ1) is 10.4. The first-order valence-corrected chi connectivity index (χ1v) is 4.99. The Balaban J connectivity index is 3.92. The maximum Gasteiger partial charge on any atom is 0.232 e. The summed E-state index contributed by atoms with van der Waals surface area (Å²) in [5.41, 5.74) is 9.79. The Morgan fingerprint density at radius 2 is 1.91 bits per heavy atom. The molecule has 0 aliphatic heterocycles. The van der Waals surface area contributed by atoms with Crippen molar-refractivity contribution in [2.24, 2.45) is 11.5 Å². The van der Waals surface area contributed by atoms with Crippen molar-refractivity contribution in [3.05, 3.63) is 0 Å². The summed E-state index contributed by atoms with van der Waals surface area (Å²) in [4.78, 5) is 10.2. The normalized spacial score (nSPS) is 11.4. The minimum absolute atomic E-state index is 0.0631. The second-order valence-electron chi connectivity index (χ2n) is 2.20. The molecule has 0 heterocycles. The number of rotatable bonds is 5. The predicted octanol–water partition coefficient (Wildman–Crippen LogP) is -1.76. The van der Waals surface area contributed by atoms with Crippen LogP contribution in [0.1, 0.15) is 6.42 Å². The number of nitrogens with two attached hydrogens (primary N) is 2. The van der Waals surface area contributed by atoms with E-state index in [1.165, 1.54) is 0 Å². The number of carbonyl (C=O) groups excluding carboxylic acids is 1. The van der Waals surface area contributed by atoms with Gasteiger partial charge in [0.05, 0.1) is 5.75 Å². The number of amides is 1. The van der Waals surface area contributed by atoms with Gasteiger partial charge in [0, 0.05) is 0 Å². The van der Waals surface area contributed by atoms with Gasteiger partial charge in [-0.15, -0.1) is 0 Å². The van der Waals surface area contributed by atoms with E-state index in [0.29, 0.717) is 13.0 Å². The van der Waals surface area contributed by atoms with Crippen molar-refractivity contribution < 1.29 is 13.2 Å². The molecule has 0 aromatic heterocycles. The molecule has 11 heavy (non-hydrogen) atoms. The maximum absolute atomic E-state index is 10.8. The molecular weight excluding hydrogens is 168 g/mol. The average Bonchev–Trinajstić information content (AvgIpc) is 1.81. The molecule has 0 saturated carbocycles. The third kappa shape index (κ3) is 5.81. The summed E-state index contributed by atoms with van der Waals surface area (Å²) < 4.78 is 21.7. The van der Waals surface area contributed by atoms with Crippen LogP contribution in [0.15, 0.2) is 0 Å². The topological polar surface area (TPSA) is 103 Å². The highest BCUT2D eigenvalue weighted by molar-refractivity contribution is 7.92. The van der Waals surface area contributed by atoms with Crippen LogP contribution in [0.4, 0.5) is 0 Å². The quantitative estimate of drug-likeness (QED) is 0.522. The summed E-state index contributed by atoms with van der Waals surface area (Å²) in [6.07, 6.45) is 0.371. The smallest absolute Gasteiger partial charge is 0.232 e. The minimum atomic E-state index is -3.30. The fourth-order valence-electron chi connectivity index (χ4n) is 0.592. The lowest BCUT2D eigenvalue weighted by Gasteiger charge is -1.98. The molecule has 6 heteroatoms. The highest BCUT2D eigenvalue weighted by Crippen LogP contribution is 1.91. The van der Waals surface area contributed by atoms with Gasteiger partial charge < -0.3 is 11.5 Å². The highest BCUT2D eigenvalue weighted by atomic mass is 32.2. The van der Waals surface area contributed by atoms with E-state index < -0.39 is 21.5 Å². The summed E-state index contributed by atoms with van der Waals surface area (Å²) in [5.74, 6) is -1.46. The van der Waals surface area contributed by atoms with Crippen molar-refractivity contribution in [2.75, 3.05) is 18.1 Å². The Bertz CT molecular complexity index is 222. The van der Waals surface area contributed by atoms with Gasteiger partial charge in [-0.25, -0.2) is 8.42 Å². The second kappa shape index (κ2) is 4.30. The van der Waals surface area contributed by atoms with Crippen molar-refractivity contribution in [3.63, 3.8) is 0 Å². The molecule has 0 aromatic rings. The summed E-state index contributed by atoms with van der Waals surface area (Å²) in [7, 11) is -3.30. The van der Waals surface area contributed by atoms with E-state index >= 15 is 0 Å². The van der Waals surface area contributed by atoms with Crippen molar-refractivity contribution in [1.82, 2.24) is 0 Å². The second-order valence-corrected chi connectivity index (χ2v) is 4.38. The molecule has 0 atom stereocenters. The third-order valence-electron chi connectivity index (χ3n) is 1.02. The maximum atomic E-state index is 10.8. The summed E-state index contributed by atoms with van der Waals surface area (Å²) in [6, 6.07) is 0. The molecule has 1 amide bonds. The summed E-state index contributed by atoms with van der Waals surface area (Å²) >= 11 is 0. The zero-order chi connectivity index (χ0) is 8.91. The van der Waals surface area contributed by atoms with Gasteiger partial charge >= 0.3 is 0 Å². The molecule has 0 bridgehead atoms. The average molecular weight is 180 g/mol. The standard InChI is InChI=1S/C5H12N2O3S/c6-2-1-3-11(9,10)4-5(7)8/h1-4,6H2,(H2,7,8). The Morgan fingerprint density at radius 1 is 1.36 bits per heavy atom. The van der Waals surface area contributed by atoms with E-state index in [-0.39, 0.29) is 5.75 Å². The van der Waals surface area contributed by atoms with E-state index in [1.54, 1.807) is 0 Å². The molecule has 0 saturated heterocycles. The minimum Gasteiger partial charge on any atom is -0.369 e. The molecule has 5 nitrogen and oxygen atoms in total. The zero-order valence-electron chi connectivity index (χ0n) is 6.12. The third-order valence-corrected chi connectivity index (χ3v) is 2.66. The van der Waals surface area contributed by atoms with Crippen LogP contribution >= 0.6 is 0 Å². The molecule has 0 aliphatic carbocycles. The van der Waals surface area contributed by atoms with E-state index in [4.69, 9.17) is 11.5 Å². The molecule has 0 unspecified atom stereocenters. The molecule has 4 N–H and O–H groups in total. The van der Waals surface area contributed by atoms with Gasteiger partial charge in [0.15, 0.2) is 9.84 Å². The van der Waals surface area contributed by atoms with E-state index in [1.807, 2.05) is 0 Å². The Labute approximate surface area is 65.7 Å². The van der Waals surface area contributed by atoms with Gasteiger partial charge in [-0.2, -0.15) is 0 Å². The molecule has 0 fully saturated rings. The van der Waals surface area contributed by atoms with Gasteiger partial charge in [0.25, 0.3) is 0 Å². The SMILES string of the molecule is NCCCS(=O)(=O)CC(N)=O. The number of hydrogen-bond acceptors (Lipinski definition) is 4. The van der Waals surface area contributed by atoms with E-state index in [2.05, 4.69) is 0 Å². The Kier molecular flexibility index (Phi) is 4.06. The zero-order valence-corrected chi connectivity index (χ0v) is 6.93. The summed E-state index contributed by atoms with van der Waals surface area (Å²) in [5, 5.41) is 0. The fraction of sp³-hybridized carbons (Fsp3) is 0.800. The van der Waals surface area contributed by atoms with E-state index in [9.17, 15) is 13.2 Å². The van der Waals surface area contributed by atoms with Crippen LogP contribution in [0.5, 0.6) is 0 Å². The first-order valence-electron chi connectivity index (χ1n) is 3.17. The Hall–Kier alpha value is -0.620. The summed E-state index contributed by atoms with van der Waals surface area (Å²) in [6.45, 7) is 0.304. The van der Waals surface area contributed by atoms with Gasteiger partial charge in [-0.1, -0.05) is 0 Å². The molecular formula is C5H12N2O3S. The van der Waals surface area contributed by atoms with Crippen LogP contribution in [0.25, 0.3) is 0 Å². The van der Waals surface area contributed by atoms with Crippen LogP contribution in [-0.4, -0.2) is 32.4 Å². The molecule has 0 aromatic carbocycles. The van der Waals surface area contributed by atoms with Crippen LogP contribution in [0.2, 0.25) is 0 Å². The predicted molar refractivity (Wildman–Crippen MR) is 41.5 cm³/mol. The van der Waals surface area contributed by atoms with Crippen LogP contribution < -0.4 is 11.5 Å². The van der Waals surface area contributed by atoms with Gasteiger partial charge in [-0.05, 0) is 13.0 Å². The fourth-order valence-corrected chi connectivity index (χ4v) is 1.78. The van der Waals surface area contributed by atoms with Crippen LogP contribution in [0, 0.1) is 0 Å². The molecule has 0 rings (SSSR count). The largest absolute Gasteiger partial charge is 0.369 e. The lowest BCUT2D eigenvalue weighted by molar-refractivity contribution is -0.115. The van der Waals surface area contributed by atoms with Crippen LogP contribution in [-0.2, 0) is 14.6 Å². The van der Waals surface area contributed by atoms with Gasteiger partial charge in [0.2, 0.25) is 5.91 Å². The molecule has 0 aliphatic rings. The molecule has 0 spiro atoms. The van der Waals surface area contributed by atoms with Crippen molar-refractivity contribution in [3.8, 4) is 0 Å². The van der Waals surface area contributed by atoms with Crippen molar-refractivity contribution >= 4 is 15.7 Å². The van der Waals surface area contributed by atoms with Crippen molar-refractivity contribution in [1.29, 1.82) is 0 Å². The molecule has 0 radical (unpaired) electrons. The van der Waals surface area contributed by atoms with Gasteiger partial charge in [0.1, 0.15) is 5.75 Å². The number of sulfone groups is 1. The first-order chi connectivity index (χ1) is 4.98. The van der Waals surface area contributed by atoms with Crippen molar-refractivity contribution in [2.45, 2.75) is 6.42 Å². The number of hydrogen-bond donors (Lipinski definition) is 2. The number of primary amides is 1. The highest BCUT2D eigenvalue weighted by Gasteiger charge is 2.12. The lowest BCUT2D eigenvalue weighted by atomic mass is 10.5.